The molecule has 1 atom stereocenters. The lowest BCUT2D eigenvalue weighted by Gasteiger charge is -2.06. The Labute approximate surface area is 132 Å². The molecule has 0 aliphatic heterocycles. The molecule has 2 aromatic rings. The van der Waals surface area contributed by atoms with Crippen LogP contribution in [0, 0.1) is 5.92 Å². The minimum absolute atomic E-state index is 0. The van der Waals surface area contributed by atoms with Crippen LogP contribution in [0.4, 0.5) is 5.13 Å². The van der Waals surface area contributed by atoms with Gasteiger partial charge in [0.1, 0.15) is 0 Å². The fourth-order valence-electron chi connectivity index (χ4n) is 1.35. The molecule has 3 N–H and O–H groups in total. The number of amides is 1. The van der Waals surface area contributed by atoms with Crippen molar-refractivity contribution in [1.82, 2.24) is 10.2 Å². The van der Waals surface area contributed by atoms with Gasteiger partial charge in [-0.05, 0) is 6.07 Å². The van der Waals surface area contributed by atoms with E-state index in [0.29, 0.717) is 21.7 Å². The highest BCUT2D eigenvalue weighted by Crippen LogP contribution is 2.31. The van der Waals surface area contributed by atoms with Crippen LogP contribution in [-0.4, -0.2) is 22.6 Å². The van der Waals surface area contributed by atoms with E-state index in [-0.39, 0.29) is 24.2 Å². The van der Waals surface area contributed by atoms with Crippen LogP contribution in [0.15, 0.2) is 24.3 Å². The number of hydrogen-bond acceptors (Lipinski definition) is 5. The van der Waals surface area contributed by atoms with Crippen molar-refractivity contribution in [2.24, 2.45) is 11.7 Å². The molecule has 1 amide bonds. The first-order valence-corrected chi connectivity index (χ1v) is 6.90. The molecule has 0 bridgehead atoms. The number of nitrogens with one attached hydrogen (secondary N) is 1. The largest absolute Gasteiger partial charge is 0.330 e. The molecule has 5 nitrogen and oxygen atoms in total. The lowest BCUT2D eigenvalue weighted by atomic mass is 10.2. The third-order valence-corrected chi connectivity index (χ3v) is 3.76. The summed E-state index contributed by atoms with van der Waals surface area (Å²) in [7, 11) is 0. The first-order valence-electron chi connectivity index (χ1n) is 5.71. The molecule has 108 valence electrons. The predicted molar refractivity (Wildman–Crippen MR) is 84.5 cm³/mol. The summed E-state index contributed by atoms with van der Waals surface area (Å²) >= 11 is 7.36. The number of aromatic nitrogens is 2. The zero-order valence-electron chi connectivity index (χ0n) is 10.7. The normalized spacial score (nSPS) is 11.6. The summed E-state index contributed by atoms with van der Waals surface area (Å²) in [4.78, 5) is 11.7. The zero-order valence-corrected chi connectivity index (χ0v) is 13.1. The van der Waals surface area contributed by atoms with Gasteiger partial charge in [-0.15, -0.1) is 22.6 Å². The Balaban J connectivity index is 0.00000200. The van der Waals surface area contributed by atoms with Crippen LogP contribution in [0.5, 0.6) is 0 Å². The summed E-state index contributed by atoms with van der Waals surface area (Å²) in [6, 6.07) is 7.36. The Morgan fingerprint density at radius 1 is 1.45 bits per heavy atom. The molecular weight excluding hydrogens is 319 g/mol. The molecule has 8 heteroatoms. The van der Waals surface area contributed by atoms with Gasteiger partial charge in [-0.2, -0.15) is 0 Å². The summed E-state index contributed by atoms with van der Waals surface area (Å²) in [6.07, 6.45) is 0. The number of halogens is 2. The van der Waals surface area contributed by atoms with Gasteiger partial charge in [0.05, 0.1) is 5.02 Å². The van der Waals surface area contributed by atoms with Crippen molar-refractivity contribution in [3.63, 3.8) is 0 Å². The van der Waals surface area contributed by atoms with Crippen molar-refractivity contribution in [1.29, 1.82) is 0 Å². The highest BCUT2D eigenvalue weighted by molar-refractivity contribution is 7.18. The molecule has 20 heavy (non-hydrogen) atoms. The first-order chi connectivity index (χ1) is 9.11. The van der Waals surface area contributed by atoms with Crippen LogP contribution in [0.25, 0.3) is 10.6 Å². The van der Waals surface area contributed by atoms with Gasteiger partial charge in [0.25, 0.3) is 0 Å². The number of rotatable bonds is 4. The number of hydrogen-bond donors (Lipinski definition) is 2. The summed E-state index contributed by atoms with van der Waals surface area (Å²) in [6.45, 7) is 2.05. The standard InChI is InChI=1S/C12H13ClN4OS.ClH/c1-7(6-14)10(18)15-12-17-16-11(19-12)8-4-2-3-5-9(8)13;/h2-5,7H,6,14H2,1H3,(H,15,17,18);1H. The average Bonchev–Trinajstić information content (AvgIpc) is 2.86. The summed E-state index contributed by atoms with van der Waals surface area (Å²) in [5.74, 6) is -0.419. The van der Waals surface area contributed by atoms with Crippen molar-refractivity contribution in [2.45, 2.75) is 6.92 Å². The Kier molecular flexibility index (Phi) is 6.35. The molecule has 0 aliphatic carbocycles. The molecule has 0 saturated carbocycles. The maximum absolute atomic E-state index is 11.7. The number of anilines is 1. The topological polar surface area (TPSA) is 80.9 Å². The van der Waals surface area contributed by atoms with Crippen molar-refractivity contribution in [2.75, 3.05) is 11.9 Å². The third kappa shape index (κ3) is 3.89. The van der Waals surface area contributed by atoms with E-state index >= 15 is 0 Å². The van der Waals surface area contributed by atoms with Crippen LogP contribution in [0.3, 0.4) is 0 Å². The molecule has 0 fully saturated rings. The third-order valence-electron chi connectivity index (χ3n) is 2.56. The fraction of sp³-hybridized carbons (Fsp3) is 0.250. The summed E-state index contributed by atoms with van der Waals surface area (Å²) in [5.41, 5.74) is 6.23. The van der Waals surface area contributed by atoms with Gasteiger partial charge in [-0.3, -0.25) is 4.79 Å². The van der Waals surface area contributed by atoms with E-state index in [1.165, 1.54) is 11.3 Å². The van der Waals surface area contributed by atoms with Crippen molar-refractivity contribution in [3.05, 3.63) is 29.3 Å². The van der Waals surface area contributed by atoms with Gasteiger partial charge in [-0.25, -0.2) is 0 Å². The summed E-state index contributed by atoms with van der Waals surface area (Å²) in [5, 5.41) is 12.4. The predicted octanol–water partition coefficient (Wildman–Crippen LogP) is 2.81. The second-order valence-electron chi connectivity index (χ2n) is 4.02. The first kappa shape index (κ1) is 16.8. The van der Waals surface area contributed by atoms with Crippen LogP contribution < -0.4 is 11.1 Å². The van der Waals surface area contributed by atoms with E-state index < -0.39 is 0 Å². The minimum atomic E-state index is -0.257. The van der Waals surface area contributed by atoms with Crippen LogP contribution in [0.1, 0.15) is 6.92 Å². The van der Waals surface area contributed by atoms with Crippen LogP contribution in [-0.2, 0) is 4.79 Å². The second-order valence-corrected chi connectivity index (χ2v) is 5.40. The van der Waals surface area contributed by atoms with Gasteiger partial charge in [0.2, 0.25) is 11.0 Å². The molecule has 2 rings (SSSR count). The van der Waals surface area contributed by atoms with Crippen molar-refractivity contribution in [3.8, 4) is 10.6 Å². The molecular formula is C12H14Cl2N4OS. The molecule has 0 saturated heterocycles. The molecule has 1 aromatic heterocycles. The van der Waals surface area contributed by atoms with Crippen LogP contribution >= 0.6 is 35.3 Å². The Morgan fingerprint density at radius 3 is 2.80 bits per heavy atom. The van der Waals surface area contributed by atoms with E-state index in [1.807, 2.05) is 18.2 Å². The molecule has 0 radical (unpaired) electrons. The van der Waals surface area contributed by atoms with Crippen molar-refractivity contribution < 1.29 is 4.79 Å². The second kappa shape index (κ2) is 7.54. The lowest BCUT2D eigenvalue weighted by molar-refractivity contribution is -0.119. The number of benzene rings is 1. The van der Waals surface area contributed by atoms with Crippen LogP contribution in [0.2, 0.25) is 5.02 Å². The average molecular weight is 333 g/mol. The number of carbonyl (C=O) groups is 1. The van der Waals surface area contributed by atoms with E-state index in [0.717, 1.165) is 5.56 Å². The fourth-order valence-corrected chi connectivity index (χ4v) is 2.42. The molecule has 1 unspecified atom stereocenters. The highest BCUT2D eigenvalue weighted by Gasteiger charge is 2.15. The van der Waals surface area contributed by atoms with E-state index in [1.54, 1.807) is 13.0 Å². The highest BCUT2D eigenvalue weighted by atomic mass is 35.5. The van der Waals surface area contributed by atoms with Gasteiger partial charge < -0.3 is 11.1 Å². The Hall–Kier alpha value is -1.21. The zero-order chi connectivity index (χ0) is 13.8. The molecule has 0 spiro atoms. The smallest absolute Gasteiger partial charge is 0.230 e. The monoisotopic (exact) mass is 332 g/mol. The Morgan fingerprint density at radius 2 is 2.15 bits per heavy atom. The number of nitrogens with zero attached hydrogens (tertiary/aromatic N) is 2. The summed E-state index contributed by atoms with van der Waals surface area (Å²) < 4.78 is 0. The van der Waals surface area contributed by atoms with Crippen molar-refractivity contribution >= 4 is 46.4 Å². The SMILES string of the molecule is CC(CN)C(=O)Nc1nnc(-c2ccccc2Cl)s1.Cl. The number of nitrogens with two attached hydrogens (primary N) is 1. The molecule has 1 heterocycles. The quantitative estimate of drug-likeness (QED) is 0.901. The molecule has 0 aliphatic rings. The van der Waals surface area contributed by atoms with Gasteiger partial charge in [0.15, 0.2) is 5.01 Å². The van der Waals surface area contributed by atoms with Gasteiger partial charge in [-0.1, -0.05) is 48.1 Å². The van der Waals surface area contributed by atoms with E-state index in [2.05, 4.69) is 15.5 Å². The lowest BCUT2D eigenvalue weighted by Crippen LogP contribution is -2.26. The van der Waals surface area contributed by atoms with Gasteiger partial charge in [0, 0.05) is 18.0 Å². The molecule has 1 aromatic carbocycles. The maximum Gasteiger partial charge on any atom is 0.230 e. The Bertz CT molecular complexity index is 590. The maximum atomic E-state index is 11.7. The van der Waals surface area contributed by atoms with Gasteiger partial charge >= 0.3 is 0 Å². The van der Waals surface area contributed by atoms with E-state index in [9.17, 15) is 4.79 Å². The number of carbonyl (C=O) groups excluding carboxylic acids is 1. The van der Waals surface area contributed by atoms with E-state index in [4.69, 9.17) is 17.3 Å². The minimum Gasteiger partial charge on any atom is -0.330 e.